The number of fused-ring (bicyclic) bond motifs is 1. The van der Waals surface area contributed by atoms with Gasteiger partial charge in [-0.1, -0.05) is 49.3 Å². The molecule has 34 heavy (non-hydrogen) atoms. The van der Waals surface area contributed by atoms with E-state index in [0.29, 0.717) is 36.2 Å². The summed E-state index contributed by atoms with van der Waals surface area (Å²) in [5.74, 6) is -0.211. The molecule has 1 aliphatic rings. The van der Waals surface area contributed by atoms with Crippen molar-refractivity contribution in [3.63, 3.8) is 0 Å². The molecule has 1 aromatic carbocycles. The molecular formula is C23H29ClN4O3S3. The van der Waals surface area contributed by atoms with E-state index >= 15 is 0 Å². The Morgan fingerprint density at radius 2 is 2.00 bits per heavy atom. The minimum atomic E-state index is -3.74. The Hall–Kier alpha value is -1.56. The van der Waals surface area contributed by atoms with Gasteiger partial charge in [0, 0.05) is 24.7 Å². The highest BCUT2D eigenvalue weighted by Gasteiger charge is 2.40. The topological polar surface area (TPSA) is 73.8 Å². The standard InChI is InChI=1S/C23H29ClN4O3S3/c1-3-26(4-2)13-14-27(23-25-18-11-10-17(24)16-20(18)33-23)22(29)19-8-5-6-12-28(19)34(30,31)21-9-7-15-32-21/h7,9-11,15-16,19H,3-6,8,12-14H2,1-2H3. The summed E-state index contributed by atoms with van der Waals surface area (Å²) in [6.07, 6.45) is 2.06. The van der Waals surface area contributed by atoms with Crippen molar-refractivity contribution in [2.75, 3.05) is 37.6 Å². The Morgan fingerprint density at radius 3 is 2.71 bits per heavy atom. The van der Waals surface area contributed by atoms with Crippen LogP contribution in [-0.4, -0.2) is 67.3 Å². The van der Waals surface area contributed by atoms with Crippen LogP contribution in [0.25, 0.3) is 10.2 Å². The molecule has 0 N–H and O–H groups in total. The van der Waals surface area contributed by atoms with Crippen LogP contribution in [0.2, 0.25) is 5.02 Å². The highest BCUT2D eigenvalue weighted by atomic mass is 35.5. The first kappa shape index (κ1) is 25.5. The fourth-order valence-electron chi connectivity index (χ4n) is 4.23. The molecule has 0 saturated carbocycles. The van der Waals surface area contributed by atoms with E-state index in [-0.39, 0.29) is 10.1 Å². The second kappa shape index (κ2) is 11.0. The third kappa shape index (κ3) is 5.32. The number of carbonyl (C=O) groups is 1. The Labute approximate surface area is 214 Å². The van der Waals surface area contributed by atoms with E-state index in [1.807, 2.05) is 12.1 Å². The Bertz CT molecular complexity index is 1230. The minimum Gasteiger partial charge on any atom is -0.302 e. The van der Waals surface area contributed by atoms with Crippen molar-refractivity contribution in [3.8, 4) is 0 Å². The summed E-state index contributed by atoms with van der Waals surface area (Å²) in [6.45, 7) is 7.39. The number of sulfonamides is 1. The Morgan fingerprint density at radius 1 is 1.21 bits per heavy atom. The van der Waals surface area contributed by atoms with Crippen LogP contribution in [0, 0.1) is 0 Å². The molecule has 1 unspecified atom stereocenters. The maximum atomic E-state index is 14.0. The number of benzene rings is 1. The first-order chi connectivity index (χ1) is 16.3. The number of aromatic nitrogens is 1. The second-order valence-corrected chi connectivity index (χ2v) is 12.7. The number of piperidine rings is 1. The summed E-state index contributed by atoms with van der Waals surface area (Å²) in [4.78, 5) is 22.6. The quantitative estimate of drug-likeness (QED) is 0.385. The summed E-state index contributed by atoms with van der Waals surface area (Å²) in [7, 11) is -3.74. The Balaban J connectivity index is 1.69. The summed E-state index contributed by atoms with van der Waals surface area (Å²) in [5.41, 5.74) is 0.775. The highest BCUT2D eigenvalue weighted by Crippen LogP contribution is 2.34. The van der Waals surface area contributed by atoms with Crippen molar-refractivity contribution in [3.05, 3.63) is 40.7 Å². The lowest BCUT2D eigenvalue weighted by Gasteiger charge is -2.36. The van der Waals surface area contributed by atoms with Crippen molar-refractivity contribution >= 4 is 65.6 Å². The number of amides is 1. The number of carbonyl (C=O) groups excluding carboxylic acids is 1. The minimum absolute atomic E-state index is 0.211. The van der Waals surface area contributed by atoms with Gasteiger partial charge in [0.1, 0.15) is 10.3 Å². The maximum Gasteiger partial charge on any atom is 0.253 e. The second-order valence-electron chi connectivity index (χ2n) is 8.18. The zero-order chi connectivity index (χ0) is 24.3. The van der Waals surface area contributed by atoms with E-state index in [1.54, 1.807) is 28.5 Å². The van der Waals surface area contributed by atoms with E-state index in [1.165, 1.54) is 27.0 Å². The van der Waals surface area contributed by atoms with Gasteiger partial charge < -0.3 is 4.90 Å². The van der Waals surface area contributed by atoms with Gasteiger partial charge in [-0.15, -0.1) is 11.3 Å². The van der Waals surface area contributed by atoms with Gasteiger partial charge in [0.2, 0.25) is 5.91 Å². The SMILES string of the molecule is CCN(CC)CCN(C(=O)C1CCCCN1S(=O)(=O)c1cccs1)c1nc2ccc(Cl)cc2s1. The third-order valence-corrected chi connectivity index (χ3v) is 10.7. The van der Waals surface area contributed by atoms with Crippen molar-refractivity contribution in [2.24, 2.45) is 0 Å². The lowest BCUT2D eigenvalue weighted by atomic mass is 10.0. The van der Waals surface area contributed by atoms with Crippen LogP contribution >= 0.6 is 34.3 Å². The molecular weight excluding hydrogens is 512 g/mol. The largest absolute Gasteiger partial charge is 0.302 e. The summed E-state index contributed by atoms with van der Waals surface area (Å²) in [5, 5.41) is 2.94. The molecule has 0 bridgehead atoms. The number of halogens is 1. The van der Waals surface area contributed by atoms with Gasteiger partial charge in [-0.2, -0.15) is 4.31 Å². The summed E-state index contributed by atoms with van der Waals surface area (Å²) < 4.78 is 29.4. The predicted octanol–water partition coefficient (Wildman–Crippen LogP) is 4.93. The molecule has 1 saturated heterocycles. The molecule has 1 amide bonds. The van der Waals surface area contributed by atoms with Crippen LogP contribution in [0.5, 0.6) is 0 Å². The van der Waals surface area contributed by atoms with Crippen molar-refractivity contribution in [1.29, 1.82) is 0 Å². The number of nitrogens with zero attached hydrogens (tertiary/aromatic N) is 4. The van der Waals surface area contributed by atoms with Crippen molar-refractivity contribution < 1.29 is 13.2 Å². The molecule has 11 heteroatoms. The lowest BCUT2D eigenvalue weighted by molar-refractivity contribution is -0.123. The molecule has 4 rings (SSSR count). The van der Waals surface area contributed by atoms with Crippen molar-refractivity contribution in [1.82, 2.24) is 14.2 Å². The van der Waals surface area contributed by atoms with Crippen LogP contribution in [-0.2, 0) is 14.8 Å². The van der Waals surface area contributed by atoms with Gasteiger partial charge >= 0.3 is 0 Å². The summed E-state index contributed by atoms with van der Waals surface area (Å²) in [6, 6.07) is 8.06. The van der Waals surface area contributed by atoms with E-state index in [9.17, 15) is 13.2 Å². The zero-order valence-electron chi connectivity index (χ0n) is 19.3. The monoisotopic (exact) mass is 540 g/mol. The average Bonchev–Trinajstić information content (AvgIpc) is 3.52. The Kier molecular flexibility index (Phi) is 8.27. The van der Waals surface area contributed by atoms with Crippen molar-refractivity contribution in [2.45, 2.75) is 43.4 Å². The first-order valence-electron chi connectivity index (χ1n) is 11.5. The van der Waals surface area contributed by atoms with Crippen LogP contribution in [0.3, 0.4) is 0 Å². The van der Waals surface area contributed by atoms with Gasteiger partial charge in [-0.3, -0.25) is 9.69 Å². The normalized spacial score (nSPS) is 17.5. The molecule has 0 aliphatic carbocycles. The number of thiazole rings is 1. The van der Waals surface area contributed by atoms with Crippen LogP contribution < -0.4 is 4.90 Å². The molecule has 3 aromatic rings. The smallest absolute Gasteiger partial charge is 0.253 e. The number of thiophene rings is 1. The van der Waals surface area contributed by atoms with E-state index in [4.69, 9.17) is 16.6 Å². The molecule has 0 spiro atoms. The first-order valence-corrected chi connectivity index (χ1v) is 15.0. The molecule has 7 nitrogen and oxygen atoms in total. The molecule has 0 radical (unpaired) electrons. The molecule has 1 atom stereocenters. The van der Waals surface area contributed by atoms with Crippen LogP contribution in [0.4, 0.5) is 5.13 Å². The molecule has 1 aliphatic heterocycles. The van der Waals surface area contributed by atoms with Gasteiger partial charge in [-0.05, 0) is 55.6 Å². The molecule has 1 fully saturated rings. The van der Waals surface area contributed by atoms with E-state index < -0.39 is 16.1 Å². The number of anilines is 1. The number of hydrogen-bond acceptors (Lipinski definition) is 7. The zero-order valence-corrected chi connectivity index (χ0v) is 22.5. The van der Waals surface area contributed by atoms with Crippen LogP contribution in [0.1, 0.15) is 33.1 Å². The predicted molar refractivity (Wildman–Crippen MR) is 141 cm³/mol. The number of likely N-dealkylation sites (N-methyl/N-ethyl adjacent to an activating group) is 1. The van der Waals surface area contributed by atoms with E-state index in [2.05, 4.69) is 18.7 Å². The number of hydrogen-bond donors (Lipinski definition) is 0. The maximum absolute atomic E-state index is 14.0. The fourth-order valence-corrected chi connectivity index (χ4v) is 8.27. The van der Waals surface area contributed by atoms with Gasteiger partial charge in [0.05, 0.1) is 10.2 Å². The summed E-state index contributed by atoms with van der Waals surface area (Å²) >= 11 is 8.76. The molecule has 184 valence electrons. The van der Waals surface area contributed by atoms with Crippen LogP contribution in [0.15, 0.2) is 39.9 Å². The number of rotatable bonds is 9. The lowest BCUT2D eigenvalue weighted by Crippen LogP contribution is -2.54. The molecule has 2 aromatic heterocycles. The van der Waals surface area contributed by atoms with Gasteiger partial charge in [-0.25, -0.2) is 13.4 Å². The van der Waals surface area contributed by atoms with Gasteiger partial charge in [0.25, 0.3) is 10.0 Å². The molecule has 3 heterocycles. The average molecular weight is 541 g/mol. The third-order valence-electron chi connectivity index (χ3n) is 6.17. The fraction of sp³-hybridized carbons (Fsp3) is 0.478. The highest BCUT2D eigenvalue weighted by molar-refractivity contribution is 7.91. The van der Waals surface area contributed by atoms with E-state index in [0.717, 1.165) is 36.1 Å². The van der Waals surface area contributed by atoms with Gasteiger partial charge in [0.15, 0.2) is 5.13 Å².